The number of carbonyl (C=O) groups is 1. The van der Waals surface area contributed by atoms with E-state index < -0.39 is 0 Å². The van der Waals surface area contributed by atoms with Crippen molar-refractivity contribution in [3.8, 4) is 5.75 Å². The van der Waals surface area contributed by atoms with Crippen LogP contribution in [0.2, 0.25) is 0 Å². The highest BCUT2D eigenvalue weighted by molar-refractivity contribution is 7.39. The Morgan fingerprint density at radius 2 is 1.69 bits per heavy atom. The number of aliphatic imine (C=N–C) groups is 2. The zero-order valence-electron chi connectivity index (χ0n) is 23.8. The molecule has 1 rings (SSSR count). The molecule has 1 amide bonds. The SMILES string of the molecule is C=C(N=C(CPCC/C(C)=C(/C)CCCC(C)C)C(=NC)NC(=O)CC(C)C)c1ccc(OC)cc1. The molecule has 0 heterocycles. The van der Waals surface area contributed by atoms with Gasteiger partial charge in [0.15, 0.2) is 0 Å². The monoisotopic (exact) mass is 513 g/mol. The number of benzene rings is 1. The number of nitrogens with zero attached hydrogens (tertiary/aromatic N) is 2. The molecule has 0 aliphatic heterocycles. The van der Waals surface area contributed by atoms with Crippen molar-refractivity contribution in [3.05, 3.63) is 47.6 Å². The number of hydrogen-bond donors (Lipinski definition) is 1. The van der Waals surface area contributed by atoms with E-state index in [2.05, 4.69) is 44.6 Å². The molecular formula is C30H48N3O2P. The van der Waals surface area contributed by atoms with E-state index in [1.165, 1.54) is 30.4 Å². The lowest BCUT2D eigenvalue weighted by Crippen LogP contribution is -2.37. The van der Waals surface area contributed by atoms with Crippen LogP contribution in [0, 0.1) is 11.8 Å². The van der Waals surface area contributed by atoms with E-state index in [9.17, 15) is 4.79 Å². The maximum Gasteiger partial charge on any atom is 0.225 e. The number of ether oxygens (including phenoxy) is 1. The van der Waals surface area contributed by atoms with E-state index in [0.717, 1.165) is 41.7 Å². The van der Waals surface area contributed by atoms with Gasteiger partial charge in [-0.15, -0.1) is 8.58 Å². The number of nitrogens with one attached hydrogen (secondary N) is 1. The Morgan fingerprint density at radius 3 is 2.25 bits per heavy atom. The Hall–Kier alpha value is -2.26. The van der Waals surface area contributed by atoms with Gasteiger partial charge in [0.1, 0.15) is 11.6 Å². The van der Waals surface area contributed by atoms with Crippen molar-refractivity contribution < 1.29 is 9.53 Å². The summed E-state index contributed by atoms with van der Waals surface area (Å²) in [6, 6.07) is 7.69. The fraction of sp³-hybridized carbons (Fsp3) is 0.567. The minimum Gasteiger partial charge on any atom is -0.497 e. The van der Waals surface area contributed by atoms with Crippen LogP contribution in [0.25, 0.3) is 5.70 Å². The second-order valence-corrected chi connectivity index (χ2v) is 11.6. The summed E-state index contributed by atoms with van der Waals surface area (Å²) in [6.45, 7) is 17.4. The van der Waals surface area contributed by atoms with Gasteiger partial charge in [-0.2, -0.15) is 0 Å². The molecule has 0 aliphatic carbocycles. The van der Waals surface area contributed by atoms with Gasteiger partial charge in [0.25, 0.3) is 0 Å². The highest BCUT2D eigenvalue weighted by atomic mass is 31.1. The van der Waals surface area contributed by atoms with Crippen LogP contribution >= 0.6 is 8.58 Å². The number of amides is 1. The topological polar surface area (TPSA) is 63.0 Å². The van der Waals surface area contributed by atoms with Gasteiger partial charge in [-0.25, -0.2) is 4.99 Å². The van der Waals surface area contributed by atoms with Crippen molar-refractivity contribution in [2.45, 2.75) is 73.6 Å². The number of allylic oxidation sites excluding steroid dienone is 2. The van der Waals surface area contributed by atoms with E-state index in [1.54, 1.807) is 14.2 Å². The predicted molar refractivity (Wildman–Crippen MR) is 160 cm³/mol. The highest BCUT2D eigenvalue weighted by Gasteiger charge is 2.15. The molecule has 1 atom stereocenters. The summed E-state index contributed by atoms with van der Waals surface area (Å²) in [6.07, 6.45) is 7.13. The minimum atomic E-state index is -0.0347. The van der Waals surface area contributed by atoms with Crippen LogP contribution in [0.3, 0.4) is 0 Å². The second kappa shape index (κ2) is 17.2. The van der Waals surface area contributed by atoms with E-state index >= 15 is 0 Å². The third kappa shape index (κ3) is 12.6. The predicted octanol–water partition coefficient (Wildman–Crippen LogP) is 7.53. The zero-order chi connectivity index (χ0) is 27.1. The molecule has 36 heavy (non-hydrogen) atoms. The van der Waals surface area contributed by atoms with Gasteiger partial charge in [0, 0.05) is 19.6 Å². The number of amidine groups is 1. The molecule has 0 saturated carbocycles. The van der Waals surface area contributed by atoms with Gasteiger partial charge in [-0.3, -0.25) is 9.79 Å². The van der Waals surface area contributed by atoms with Gasteiger partial charge in [-0.05, 0) is 80.9 Å². The van der Waals surface area contributed by atoms with Crippen molar-refractivity contribution in [2.24, 2.45) is 21.8 Å². The molecule has 0 spiro atoms. The van der Waals surface area contributed by atoms with Crippen molar-refractivity contribution in [1.29, 1.82) is 0 Å². The van der Waals surface area contributed by atoms with Crippen LogP contribution in [0.4, 0.5) is 0 Å². The van der Waals surface area contributed by atoms with E-state index in [1.807, 2.05) is 38.1 Å². The number of carbonyl (C=O) groups excluding carboxylic acids is 1. The summed E-state index contributed by atoms with van der Waals surface area (Å²) < 4.78 is 5.26. The first kappa shape index (κ1) is 31.8. The molecule has 0 fully saturated rings. The lowest BCUT2D eigenvalue weighted by atomic mass is 10.00. The van der Waals surface area contributed by atoms with Crippen LogP contribution in [-0.2, 0) is 4.79 Å². The third-order valence-electron chi connectivity index (χ3n) is 6.07. The Bertz CT molecular complexity index is 928. The molecule has 0 bridgehead atoms. The molecule has 0 saturated heterocycles. The standard InChI is InChI=1S/C30H48N3O2P/c1-21(2)11-10-12-23(5)24(6)17-18-36-20-28(30(31-8)33-29(34)19-22(3)4)32-25(7)26-13-15-27(35-9)16-14-26/h13-16,21-22,36H,7,10-12,17-20H2,1-6,8-9H3,(H,31,33,34)/b24-23-,32-28?. The zero-order valence-corrected chi connectivity index (χ0v) is 24.8. The van der Waals surface area contributed by atoms with Crippen LogP contribution < -0.4 is 10.1 Å². The summed E-state index contributed by atoms with van der Waals surface area (Å²) in [5.41, 5.74) is 5.37. The minimum absolute atomic E-state index is 0.0347. The highest BCUT2D eigenvalue weighted by Crippen LogP contribution is 2.23. The van der Waals surface area contributed by atoms with E-state index in [4.69, 9.17) is 9.73 Å². The molecule has 0 radical (unpaired) electrons. The average molecular weight is 514 g/mol. The maximum atomic E-state index is 12.5. The number of hydrogen-bond acceptors (Lipinski definition) is 4. The van der Waals surface area contributed by atoms with E-state index in [-0.39, 0.29) is 11.8 Å². The number of methoxy groups -OCH3 is 1. The molecule has 0 aromatic heterocycles. The molecule has 5 nitrogen and oxygen atoms in total. The fourth-order valence-electron chi connectivity index (χ4n) is 3.68. The summed E-state index contributed by atoms with van der Waals surface area (Å²) in [5.74, 6) is 2.34. The number of rotatable bonds is 15. The quantitative estimate of drug-likeness (QED) is 0.0866. The average Bonchev–Trinajstić information content (AvgIpc) is 2.83. The van der Waals surface area contributed by atoms with Gasteiger partial charge >= 0.3 is 0 Å². The Morgan fingerprint density at radius 1 is 1.06 bits per heavy atom. The van der Waals surface area contributed by atoms with Crippen LogP contribution in [0.5, 0.6) is 5.75 Å². The molecule has 200 valence electrons. The van der Waals surface area contributed by atoms with Gasteiger partial charge in [-0.1, -0.05) is 51.8 Å². The largest absolute Gasteiger partial charge is 0.497 e. The third-order valence-corrected chi connectivity index (χ3v) is 7.26. The Balaban J connectivity index is 2.93. The first-order valence-corrected chi connectivity index (χ1v) is 14.5. The summed E-state index contributed by atoms with van der Waals surface area (Å²) in [7, 11) is 4.03. The van der Waals surface area contributed by atoms with Gasteiger partial charge in [0.05, 0.1) is 18.5 Å². The molecule has 1 unspecified atom stereocenters. The Labute approximate surface area is 221 Å². The van der Waals surface area contributed by atoms with Gasteiger partial charge < -0.3 is 10.1 Å². The summed E-state index contributed by atoms with van der Waals surface area (Å²) in [5, 5.41) is 2.99. The molecule has 1 aromatic rings. The lowest BCUT2D eigenvalue weighted by molar-refractivity contribution is -0.120. The molecular weight excluding hydrogens is 465 g/mol. The van der Waals surface area contributed by atoms with Gasteiger partial charge in [0.2, 0.25) is 5.91 Å². The smallest absolute Gasteiger partial charge is 0.225 e. The normalized spacial score (nSPS) is 13.5. The molecule has 6 heteroatoms. The molecule has 1 N–H and O–H groups in total. The van der Waals surface area contributed by atoms with Crippen LogP contribution in [0.15, 0.2) is 52.0 Å². The van der Waals surface area contributed by atoms with Crippen LogP contribution in [-0.4, -0.2) is 43.9 Å². The maximum absolute atomic E-state index is 12.5. The summed E-state index contributed by atoms with van der Waals surface area (Å²) in [4.78, 5) is 21.7. The van der Waals surface area contributed by atoms with E-state index in [0.29, 0.717) is 26.5 Å². The van der Waals surface area contributed by atoms with Crippen molar-refractivity contribution >= 4 is 31.7 Å². The van der Waals surface area contributed by atoms with Crippen molar-refractivity contribution in [2.75, 3.05) is 26.5 Å². The van der Waals surface area contributed by atoms with Crippen molar-refractivity contribution in [1.82, 2.24) is 5.32 Å². The first-order valence-electron chi connectivity index (χ1n) is 13.1. The van der Waals surface area contributed by atoms with Crippen LogP contribution in [0.1, 0.15) is 79.2 Å². The molecule has 0 aliphatic rings. The summed E-state index contributed by atoms with van der Waals surface area (Å²) >= 11 is 0. The first-order chi connectivity index (χ1) is 17.1. The Kier molecular flexibility index (Phi) is 15.2. The lowest BCUT2D eigenvalue weighted by Gasteiger charge is -2.14. The van der Waals surface area contributed by atoms with Crippen molar-refractivity contribution in [3.63, 3.8) is 0 Å². The molecule has 1 aromatic carbocycles. The fourth-order valence-corrected chi connectivity index (χ4v) is 4.89. The second-order valence-electron chi connectivity index (χ2n) is 10.2.